The van der Waals surface area contributed by atoms with Crippen molar-refractivity contribution in [3.05, 3.63) is 34.4 Å². The summed E-state index contributed by atoms with van der Waals surface area (Å²) in [5.74, 6) is -0.348. The molecule has 42 heavy (non-hydrogen) atoms. The largest absolute Gasteiger partial charge is 0.481 e. The summed E-state index contributed by atoms with van der Waals surface area (Å²) in [5, 5.41) is 20.1. The van der Waals surface area contributed by atoms with Gasteiger partial charge in [-0.1, -0.05) is 60.6 Å². The molecule has 230 valence electrons. The molecule has 0 aliphatic heterocycles. The molecule has 0 saturated heterocycles. The van der Waals surface area contributed by atoms with E-state index in [2.05, 4.69) is 60.6 Å². The van der Waals surface area contributed by atoms with E-state index < -0.39 is 17.4 Å². The molecule has 6 rings (SSSR count). The number of aliphatic carboxylic acids is 2. The zero-order valence-electron chi connectivity index (χ0n) is 26.9. The highest BCUT2D eigenvalue weighted by atomic mass is 16.4. The number of hydrogen-bond acceptors (Lipinski definition) is 3. The van der Waals surface area contributed by atoms with E-state index in [9.17, 15) is 24.6 Å². The highest BCUT2D eigenvalue weighted by Crippen LogP contribution is 2.76. The van der Waals surface area contributed by atoms with Gasteiger partial charge in [0.05, 0.1) is 11.3 Å². The summed E-state index contributed by atoms with van der Waals surface area (Å²) in [6.07, 6.45) is 14.0. The van der Waals surface area contributed by atoms with Crippen LogP contribution < -0.4 is 0 Å². The summed E-state index contributed by atoms with van der Waals surface area (Å²) in [6.45, 7) is 16.6. The molecule has 0 aromatic rings. The van der Waals surface area contributed by atoms with Crippen LogP contribution in [0.3, 0.4) is 0 Å². The van der Waals surface area contributed by atoms with Crippen molar-refractivity contribution in [3.63, 3.8) is 0 Å². The van der Waals surface area contributed by atoms with Crippen LogP contribution in [-0.4, -0.2) is 27.9 Å². The molecule has 2 N–H and O–H groups in total. The van der Waals surface area contributed by atoms with Crippen LogP contribution in [0.1, 0.15) is 119 Å². The quantitative estimate of drug-likeness (QED) is 0.351. The van der Waals surface area contributed by atoms with Gasteiger partial charge in [0.2, 0.25) is 0 Å². The Bertz CT molecular complexity index is 1330. The van der Waals surface area contributed by atoms with Gasteiger partial charge in [0.25, 0.3) is 0 Å². The Morgan fingerprint density at radius 2 is 1.60 bits per heavy atom. The van der Waals surface area contributed by atoms with E-state index in [1.54, 1.807) is 0 Å². The van der Waals surface area contributed by atoms with Crippen molar-refractivity contribution in [2.45, 2.75) is 119 Å². The predicted octanol–water partition coefficient (Wildman–Crippen LogP) is 8.40. The van der Waals surface area contributed by atoms with Gasteiger partial charge in [-0.15, -0.1) is 0 Å². The van der Waals surface area contributed by atoms with Gasteiger partial charge in [-0.25, -0.2) is 0 Å². The van der Waals surface area contributed by atoms with Crippen LogP contribution in [-0.2, 0) is 14.4 Å². The normalized spacial score (nSPS) is 44.4. The summed E-state index contributed by atoms with van der Waals surface area (Å²) in [7, 11) is 0. The Morgan fingerprint density at radius 3 is 2.19 bits per heavy atom. The number of Topliss-reactive ketones (excluding diaryl/α,β-unsaturated/α-hetero) is 1. The van der Waals surface area contributed by atoms with Gasteiger partial charge in [-0.05, 0) is 132 Å². The van der Waals surface area contributed by atoms with Gasteiger partial charge in [-0.2, -0.15) is 0 Å². The summed E-state index contributed by atoms with van der Waals surface area (Å²) in [6, 6.07) is 0. The molecule has 0 aromatic heterocycles. The average Bonchev–Trinajstić information content (AvgIpc) is 3.22. The fourth-order valence-electron chi connectivity index (χ4n) is 12.3. The second-order valence-electron chi connectivity index (χ2n) is 16.7. The minimum atomic E-state index is -0.997. The highest BCUT2D eigenvalue weighted by Gasteiger charge is 2.70. The fraction of sp³-hybridized carbons (Fsp3) is 0.757. The zero-order valence-corrected chi connectivity index (χ0v) is 26.9. The van der Waals surface area contributed by atoms with E-state index >= 15 is 0 Å². The third kappa shape index (κ3) is 3.70. The van der Waals surface area contributed by atoms with Gasteiger partial charge in [-0.3, -0.25) is 14.4 Å². The third-order valence-electron chi connectivity index (χ3n) is 14.5. The molecular weight excluding hydrogens is 524 g/mol. The number of carboxylic acids is 2. The van der Waals surface area contributed by atoms with Gasteiger partial charge < -0.3 is 10.2 Å². The van der Waals surface area contributed by atoms with Crippen LogP contribution in [0, 0.1) is 56.7 Å². The van der Waals surface area contributed by atoms with Crippen LogP contribution in [0.15, 0.2) is 34.4 Å². The van der Waals surface area contributed by atoms with Crippen molar-refractivity contribution < 1.29 is 24.6 Å². The van der Waals surface area contributed by atoms with E-state index in [1.807, 2.05) is 0 Å². The van der Waals surface area contributed by atoms with Crippen LogP contribution >= 0.6 is 0 Å². The third-order valence-corrected chi connectivity index (χ3v) is 14.5. The van der Waals surface area contributed by atoms with Crippen molar-refractivity contribution in [3.8, 4) is 0 Å². The minimum Gasteiger partial charge on any atom is -0.481 e. The maximum Gasteiger partial charge on any atom is 0.314 e. The zero-order chi connectivity index (χ0) is 30.6. The molecule has 5 heteroatoms. The standard InChI is InChI=1S/C37H52O5/c1-21(2)29-26(38)20-37(32(41)42)19-18-35(6)25(30(29)37)12-13-28-34(5)16-14-24(22-8-10-23(11-9-22)31(39)40)33(3,4)27(34)15-17-36(28,35)7/h8,14,21,23,25,27-28H,9-13,15-20H2,1-7H3,(H,39,40)(H,41,42)/t23?,25?,27?,28?,34-,35+,36+,37+/m0/s1. The van der Waals surface area contributed by atoms with Crippen molar-refractivity contribution >= 4 is 17.7 Å². The van der Waals surface area contributed by atoms with E-state index in [4.69, 9.17) is 0 Å². The molecule has 0 aromatic carbocycles. The Morgan fingerprint density at radius 1 is 0.881 bits per heavy atom. The summed E-state index contributed by atoms with van der Waals surface area (Å²) < 4.78 is 0. The number of allylic oxidation sites excluding steroid dienone is 5. The molecule has 0 bridgehead atoms. The number of hydrogen-bond donors (Lipinski definition) is 2. The van der Waals surface area contributed by atoms with Crippen molar-refractivity contribution in [2.24, 2.45) is 56.7 Å². The van der Waals surface area contributed by atoms with Crippen LogP contribution in [0.4, 0.5) is 0 Å². The smallest absolute Gasteiger partial charge is 0.314 e. The van der Waals surface area contributed by atoms with Gasteiger partial charge in [0, 0.05) is 6.42 Å². The minimum absolute atomic E-state index is 0.0181. The molecule has 6 aliphatic rings. The lowest BCUT2D eigenvalue weighted by Gasteiger charge is -2.71. The Hall–Kier alpha value is -2.17. The van der Waals surface area contributed by atoms with Crippen molar-refractivity contribution in [2.75, 3.05) is 0 Å². The first kappa shape index (κ1) is 29.9. The number of carbonyl (C=O) groups is 3. The molecule has 4 unspecified atom stereocenters. The first-order valence-corrected chi connectivity index (χ1v) is 16.7. The number of ketones is 1. The molecule has 0 radical (unpaired) electrons. The van der Waals surface area contributed by atoms with Crippen LogP contribution in [0.2, 0.25) is 0 Å². The molecular formula is C37H52O5. The molecule has 0 heterocycles. The Balaban J connectivity index is 1.38. The van der Waals surface area contributed by atoms with E-state index in [0.29, 0.717) is 24.7 Å². The highest BCUT2D eigenvalue weighted by molar-refractivity contribution is 6.05. The molecule has 8 atom stereocenters. The second kappa shape index (κ2) is 9.41. The SMILES string of the molecule is CC(C)C1=C2C3CCC4[C@@]5(C)CC=C(C6=CCC(C(=O)O)CC6)C(C)(C)C5CC[C@@]4(C)[C@]3(C)CC[C@@]2(C(=O)O)CC1=O. The van der Waals surface area contributed by atoms with Gasteiger partial charge in [0.1, 0.15) is 0 Å². The molecule has 0 spiro atoms. The predicted molar refractivity (Wildman–Crippen MR) is 164 cm³/mol. The number of carboxylic acid groups (broad SMARTS) is 2. The summed E-state index contributed by atoms with van der Waals surface area (Å²) in [5.41, 5.74) is 3.90. The van der Waals surface area contributed by atoms with Crippen LogP contribution in [0.25, 0.3) is 0 Å². The molecule has 3 fully saturated rings. The molecule has 6 aliphatic carbocycles. The second-order valence-corrected chi connectivity index (χ2v) is 16.7. The first-order chi connectivity index (χ1) is 19.5. The van der Waals surface area contributed by atoms with E-state index in [-0.39, 0.29) is 51.6 Å². The Labute approximate surface area is 252 Å². The number of carbonyl (C=O) groups excluding carboxylic acids is 1. The lowest BCUT2D eigenvalue weighted by molar-refractivity contribution is -0.201. The number of fused-ring (bicyclic) bond motifs is 7. The summed E-state index contributed by atoms with van der Waals surface area (Å²) in [4.78, 5) is 37.9. The van der Waals surface area contributed by atoms with Gasteiger partial charge in [0.15, 0.2) is 5.78 Å². The number of rotatable bonds is 4. The monoisotopic (exact) mass is 576 g/mol. The maximum absolute atomic E-state index is 13.4. The van der Waals surface area contributed by atoms with Gasteiger partial charge >= 0.3 is 11.9 Å². The molecule has 3 saturated carbocycles. The van der Waals surface area contributed by atoms with E-state index in [1.165, 1.54) is 11.1 Å². The lowest BCUT2D eigenvalue weighted by atomic mass is 9.33. The first-order valence-electron chi connectivity index (χ1n) is 16.7. The maximum atomic E-state index is 13.4. The van der Waals surface area contributed by atoms with Crippen molar-refractivity contribution in [1.82, 2.24) is 0 Å². The lowest BCUT2D eigenvalue weighted by Crippen LogP contribution is -2.64. The van der Waals surface area contributed by atoms with Crippen LogP contribution in [0.5, 0.6) is 0 Å². The average molecular weight is 577 g/mol. The summed E-state index contributed by atoms with van der Waals surface area (Å²) >= 11 is 0. The van der Waals surface area contributed by atoms with E-state index in [0.717, 1.165) is 62.5 Å². The van der Waals surface area contributed by atoms with Crippen molar-refractivity contribution in [1.29, 1.82) is 0 Å². The Kier molecular flexibility index (Phi) is 6.70. The molecule has 0 amide bonds. The molecule has 5 nitrogen and oxygen atoms in total. The fourth-order valence-corrected chi connectivity index (χ4v) is 12.3. The topological polar surface area (TPSA) is 91.7 Å².